The van der Waals surface area contributed by atoms with Crippen LogP contribution < -0.4 is 10.6 Å². The van der Waals surface area contributed by atoms with Crippen molar-refractivity contribution in [2.75, 3.05) is 10.6 Å². The number of aromatic nitrogens is 2. The Hall–Kier alpha value is -2.83. The van der Waals surface area contributed by atoms with Crippen molar-refractivity contribution in [1.82, 2.24) is 9.97 Å². The summed E-state index contributed by atoms with van der Waals surface area (Å²) in [6.45, 7) is 0. The van der Waals surface area contributed by atoms with E-state index in [1.165, 1.54) is 12.1 Å². The molecule has 0 radical (unpaired) electrons. The molecule has 3 rings (SSSR count). The molecule has 1 heterocycles. The molecule has 0 atom stereocenters. The van der Waals surface area contributed by atoms with Gasteiger partial charge in [0.05, 0.1) is 21.3 Å². The van der Waals surface area contributed by atoms with Crippen LogP contribution in [0.4, 0.5) is 23.1 Å². The number of hydrogen-bond acceptors (Lipinski definition) is 5. The van der Waals surface area contributed by atoms with Crippen molar-refractivity contribution >= 4 is 52.3 Å². The van der Waals surface area contributed by atoms with Gasteiger partial charge in [-0.3, -0.25) is 0 Å². The van der Waals surface area contributed by atoms with Crippen molar-refractivity contribution in [3.05, 3.63) is 70.3 Å². The Morgan fingerprint density at radius 2 is 1.72 bits per heavy atom. The third-order valence-electron chi connectivity index (χ3n) is 3.24. The molecule has 0 fully saturated rings. The molecule has 0 aliphatic rings. The number of carboxylic acid groups (broad SMARTS) is 1. The zero-order valence-corrected chi connectivity index (χ0v) is 14.2. The molecule has 6 nitrogen and oxygen atoms in total. The minimum atomic E-state index is -0.998. The molecule has 0 bridgehead atoms. The Balaban J connectivity index is 1.82. The first kappa shape index (κ1) is 17.0. The summed E-state index contributed by atoms with van der Waals surface area (Å²) in [5.74, 6) is -0.209. The van der Waals surface area contributed by atoms with Crippen molar-refractivity contribution in [1.29, 1.82) is 0 Å². The molecule has 0 aliphatic carbocycles. The number of carboxylic acids is 1. The second-order valence-corrected chi connectivity index (χ2v) is 5.81. The van der Waals surface area contributed by atoms with E-state index in [-0.39, 0.29) is 5.56 Å². The summed E-state index contributed by atoms with van der Waals surface area (Å²) in [5.41, 5.74) is 1.29. The summed E-state index contributed by atoms with van der Waals surface area (Å²) in [5, 5.41) is 16.0. The lowest BCUT2D eigenvalue weighted by Crippen LogP contribution is -2.02. The van der Waals surface area contributed by atoms with Gasteiger partial charge in [0, 0.05) is 11.9 Å². The first-order valence-corrected chi connectivity index (χ1v) is 7.93. The highest BCUT2D eigenvalue weighted by Gasteiger charge is 2.08. The molecular weight excluding hydrogens is 363 g/mol. The van der Waals surface area contributed by atoms with Crippen LogP contribution in [0.15, 0.2) is 54.7 Å². The standard InChI is InChI=1S/C17H12Cl2N4O2/c18-12-5-2-6-13(19)15(12)23-17-20-8-7-14(22-17)21-11-4-1-3-10(9-11)16(24)25/h1-9H,(H,24,25)(H2,20,21,22,23). The summed E-state index contributed by atoms with van der Waals surface area (Å²) >= 11 is 12.2. The van der Waals surface area contributed by atoms with Crippen molar-refractivity contribution in [2.24, 2.45) is 0 Å². The van der Waals surface area contributed by atoms with Crippen LogP contribution in [0.5, 0.6) is 0 Å². The highest BCUT2D eigenvalue weighted by atomic mass is 35.5. The zero-order valence-electron chi connectivity index (χ0n) is 12.7. The maximum atomic E-state index is 11.0. The van der Waals surface area contributed by atoms with Crippen LogP contribution in [-0.2, 0) is 0 Å². The van der Waals surface area contributed by atoms with Gasteiger partial charge >= 0.3 is 5.97 Å². The van der Waals surface area contributed by atoms with Crippen LogP contribution in [0.3, 0.4) is 0 Å². The van der Waals surface area contributed by atoms with Gasteiger partial charge in [0.15, 0.2) is 0 Å². The first-order valence-electron chi connectivity index (χ1n) is 7.17. The molecule has 0 unspecified atom stereocenters. The lowest BCUT2D eigenvalue weighted by Gasteiger charge is -2.11. The number of hydrogen-bond donors (Lipinski definition) is 3. The van der Waals surface area contributed by atoms with E-state index in [1.807, 2.05) is 0 Å². The molecule has 3 N–H and O–H groups in total. The maximum Gasteiger partial charge on any atom is 0.335 e. The van der Waals surface area contributed by atoms with E-state index in [0.717, 1.165) is 0 Å². The fourth-order valence-electron chi connectivity index (χ4n) is 2.10. The maximum absolute atomic E-state index is 11.0. The number of halogens is 2. The van der Waals surface area contributed by atoms with Gasteiger partial charge in [-0.1, -0.05) is 35.3 Å². The number of nitrogens with one attached hydrogen (secondary N) is 2. The van der Waals surface area contributed by atoms with Crippen LogP contribution >= 0.6 is 23.2 Å². The lowest BCUT2D eigenvalue weighted by atomic mass is 10.2. The van der Waals surface area contributed by atoms with Crippen LogP contribution in [0.1, 0.15) is 10.4 Å². The van der Waals surface area contributed by atoms with E-state index in [9.17, 15) is 4.79 Å². The Bertz CT molecular complexity index is 914. The first-order chi connectivity index (χ1) is 12.0. The van der Waals surface area contributed by atoms with E-state index in [1.54, 1.807) is 42.6 Å². The third kappa shape index (κ3) is 4.17. The monoisotopic (exact) mass is 374 g/mol. The van der Waals surface area contributed by atoms with E-state index in [0.29, 0.717) is 33.2 Å². The second kappa shape index (κ2) is 7.38. The fourth-order valence-corrected chi connectivity index (χ4v) is 2.59. The smallest absolute Gasteiger partial charge is 0.335 e. The average molecular weight is 375 g/mol. The van der Waals surface area contributed by atoms with Gasteiger partial charge in [0.25, 0.3) is 0 Å². The Morgan fingerprint density at radius 1 is 1.00 bits per heavy atom. The van der Waals surface area contributed by atoms with Crippen LogP contribution in [0.2, 0.25) is 10.0 Å². The topological polar surface area (TPSA) is 87.1 Å². The Kier molecular flexibility index (Phi) is 5.02. The van der Waals surface area contributed by atoms with Crippen molar-refractivity contribution in [3.8, 4) is 0 Å². The highest BCUT2D eigenvalue weighted by Crippen LogP contribution is 2.31. The van der Waals surface area contributed by atoms with Gasteiger partial charge in [-0.15, -0.1) is 0 Å². The van der Waals surface area contributed by atoms with Crippen molar-refractivity contribution in [3.63, 3.8) is 0 Å². The molecule has 25 heavy (non-hydrogen) atoms. The molecular formula is C17H12Cl2N4O2. The van der Waals surface area contributed by atoms with E-state index in [2.05, 4.69) is 20.6 Å². The van der Waals surface area contributed by atoms with Crippen molar-refractivity contribution in [2.45, 2.75) is 0 Å². The number of para-hydroxylation sites is 1. The Labute approximate surface area is 153 Å². The minimum Gasteiger partial charge on any atom is -0.478 e. The number of anilines is 4. The van der Waals surface area contributed by atoms with Gasteiger partial charge in [-0.2, -0.15) is 4.98 Å². The number of nitrogens with zero attached hydrogens (tertiary/aromatic N) is 2. The molecule has 0 aliphatic heterocycles. The zero-order chi connectivity index (χ0) is 17.8. The molecule has 1 aromatic heterocycles. The quantitative estimate of drug-likeness (QED) is 0.584. The number of carbonyl (C=O) groups is 1. The largest absolute Gasteiger partial charge is 0.478 e. The van der Waals surface area contributed by atoms with E-state index < -0.39 is 5.97 Å². The summed E-state index contributed by atoms with van der Waals surface area (Å²) in [6, 6.07) is 13.2. The minimum absolute atomic E-state index is 0.181. The van der Waals surface area contributed by atoms with Crippen LogP contribution in [0, 0.1) is 0 Å². The highest BCUT2D eigenvalue weighted by molar-refractivity contribution is 6.39. The van der Waals surface area contributed by atoms with Gasteiger partial charge in [0.1, 0.15) is 5.82 Å². The summed E-state index contributed by atoms with van der Waals surface area (Å²) in [6.07, 6.45) is 1.56. The second-order valence-electron chi connectivity index (χ2n) is 5.00. The molecule has 3 aromatic rings. The fraction of sp³-hybridized carbons (Fsp3) is 0. The number of benzene rings is 2. The van der Waals surface area contributed by atoms with Crippen molar-refractivity contribution < 1.29 is 9.90 Å². The van der Waals surface area contributed by atoms with Crippen LogP contribution in [0.25, 0.3) is 0 Å². The van der Waals surface area contributed by atoms with E-state index >= 15 is 0 Å². The molecule has 126 valence electrons. The lowest BCUT2D eigenvalue weighted by molar-refractivity contribution is 0.0697. The summed E-state index contributed by atoms with van der Waals surface area (Å²) < 4.78 is 0. The van der Waals surface area contributed by atoms with Gasteiger partial charge in [-0.05, 0) is 36.4 Å². The normalized spacial score (nSPS) is 10.3. The van der Waals surface area contributed by atoms with Gasteiger partial charge in [-0.25, -0.2) is 9.78 Å². The van der Waals surface area contributed by atoms with Gasteiger partial charge < -0.3 is 15.7 Å². The van der Waals surface area contributed by atoms with E-state index in [4.69, 9.17) is 28.3 Å². The SMILES string of the molecule is O=C(O)c1cccc(Nc2ccnc(Nc3c(Cl)cccc3Cl)n2)c1. The van der Waals surface area contributed by atoms with Crippen LogP contribution in [-0.4, -0.2) is 21.0 Å². The third-order valence-corrected chi connectivity index (χ3v) is 3.87. The summed E-state index contributed by atoms with van der Waals surface area (Å²) in [4.78, 5) is 19.5. The molecule has 0 spiro atoms. The molecule has 2 aromatic carbocycles. The number of aromatic carboxylic acids is 1. The summed E-state index contributed by atoms with van der Waals surface area (Å²) in [7, 11) is 0. The average Bonchev–Trinajstić information content (AvgIpc) is 2.59. The molecule has 0 saturated heterocycles. The van der Waals surface area contributed by atoms with Gasteiger partial charge in [0.2, 0.25) is 5.95 Å². The predicted molar refractivity (Wildman–Crippen MR) is 98.5 cm³/mol. The predicted octanol–water partition coefficient (Wildman–Crippen LogP) is 4.97. The Morgan fingerprint density at radius 3 is 2.44 bits per heavy atom. The number of rotatable bonds is 5. The molecule has 0 saturated carbocycles. The molecule has 8 heteroatoms. The molecule has 0 amide bonds.